The highest BCUT2D eigenvalue weighted by atomic mass is 32.2. The summed E-state index contributed by atoms with van der Waals surface area (Å²) in [6.07, 6.45) is 3.35. The number of benzene rings is 1. The maximum Gasteiger partial charge on any atom is 0.254 e. The highest BCUT2D eigenvalue weighted by Gasteiger charge is 2.30. The number of carbonyl (C=O) groups is 1. The largest absolute Gasteiger partial charge is 0.336 e. The van der Waals surface area contributed by atoms with Crippen molar-refractivity contribution in [2.45, 2.75) is 19.3 Å². The SMILES string of the molecule is O=C(c1cccc(N2CCCS2(=O)=O)c1)N1CCN(CC2CC2)CC1. The predicted octanol–water partition coefficient (Wildman–Crippen LogP) is 1.39. The summed E-state index contributed by atoms with van der Waals surface area (Å²) in [6.45, 7) is 5.03. The molecule has 6 nitrogen and oxygen atoms in total. The van der Waals surface area contributed by atoms with Crippen molar-refractivity contribution in [2.75, 3.05) is 49.3 Å². The van der Waals surface area contributed by atoms with E-state index in [9.17, 15) is 13.2 Å². The zero-order valence-corrected chi connectivity index (χ0v) is 15.2. The monoisotopic (exact) mass is 363 g/mol. The summed E-state index contributed by atoms with van der Waals surface area (Å²) in [4.78, 5) is 17.2. The zero-order valence-electron chi connectivity index (χ0n) is 14.4. The maximum absolute atomic E-state index is 12.8. The Morgan fingerprint density at radius 2 is 1.84 bits per heavy atom. The molecule has 0 atom stereocenters. The third-order valence-corrected chi connectivity index (χ3v) is 7.22. The van der Waals surface area contributed by atoms with Gasteiger partial charge in [-0.05, 0) is 43.4 Å². The fourth-order valence-electron chi connectivity index (χ4n) is 3.71. The molecule has 2 heterocycles. The van der Waals surface area contributed by atoms with Crippen molar-refractivity contribution in [1.29, 1.82) is 0 Å². The summed E-state index contributed by atoms with van der Waals surface area (Å²) in [5.74, 6) is 1.07. The normalized spacial score (nSPS) is 23.8. The lowest BCUT2D eigenvalue weighted by molar-refractivity contribution is 0.0632. The minimum atomic E-state index is -3.22. The van der Waals surface area contributed by atoms with Crippen LogP contribution >= 0.6 is 0 Å². The van der Waals surface area contributed by atoms with Crippen LogP contribution in [0.15, 0.2) is 24.3 Å². The van der Waals surface area contributed by atoms with Gasteiger partial charge in [0.2, 0.25) is 10.0 Å². The summed E-state index contributed by atoms with van der Waals surface area (Å²) in [5, 5.41) is 0. The van der Waals surface area contributed by atoms with Crippen LogP contribution in [0.1, 0.15) is 29.6 Å². The molecule has 0 bridgehead atoms. The van der Waals surface area contributed by atoms with E-state index in [0.717, 1.165) is 32.1 Å². The second-order valence-corrected chi connectivity index (χ2v) is 9.34. The van der Waals surface area contributed by atoms with E-state index in [1.807, 2.05) is 4.90 Å². The first-order valence-electron chi connectivity index (χ1n) is 9.15. The summed E-state index contributed by atoms with van der Waals surface area (Å²) in [5.41, 5.74) is 1.19. The zero-order chi connectivity index (χ0) is 17.4. The molecule has 4 rings (SSSR count). The molecular formula is C18H25N3O3S. The second kappa shape index (κ2) is 6.61. The van der Waals surface area contributed by atoms with Gasteiger partial charge in [-0.25, -0.2) is 8.42 Å². The van der Waals surface area contributed by atoms with Gasteiger partial charge < -0.3 is 4.90 Å². The number of nitrogens with zero attached hydrogens (tertiary/aromatic N) is 3. The highest BCUT2D eigenvalue weighted by molar-refractivity contribution is 7.93. The fraction of sp³-hybridized carbons (Fsp3) is 0.611. The third-order valence-electron chi connectivity index (χ3n) is 5.35. The van der Waals surface area contributed by atoms with Gasteiger partial charge in [0.25, 0.3) is 5.91 Å². The van der Waals surface area contributed by atoms with Crippen molar-refractivity contribution >= 4 is 21.6 Å². The maximum atomic E-state index is 12.8. The third kappa shape index (κ3) is 3.67. The molecule has 3 aliphatic rings. The van der Waals surface area contributed by atoms with Gasteiger partial charge in [-0.1, -0.05) is 6.07 Å². The summed E-state index contributed by atoms with van der Waals surface area (Å²) >= 11 is 0. The Morgan fingerprint density at radius 1 is 1.08 bits per heavy atom. The van der Waals surface area contributed by atoms with Gasteiger partial charge in [-0.2, -0.15) is 0 Å². The molecular weight excluding hydrogens is 338 g/mol. The van der Waals surface area contributed by atoms with Gasteiger partial charge in [-0.3, -0.25) is 14.0 Å². The quantitative estimate of drug-likeness (QED) is 0.811. The van der Waals surface area contributed by atoms with Gasteiger partial charge >= 0.3 is 0 Å². The van der Waals surface area contributed by atoms with Crippen molar-refractivity contribution in [2.24, 2.45) is 5.92 Å². The first kappa shape index (κ1) is 16.8. The Hall–Kier alpha value is -1.60. The first-order chi connectivity index (χ1) is 12.0. The van der Waals surface area contributed by atoms with Crippen LogP contribution in [-0.2, 0) is 10.0 Å². The number of amides is 1. The lowest BCUT2D eigenvalue weighted by Gasteiger charge is -2.35. The molecule has 1 aromatic carbocycles. The number of anilines is 1. The van der Waals surface area contributed by atoms with Gasteiger partial charge in [0.15, 0.2) is 0 Å². The van der Waals surface area contributed by atoms with Crippen LogP contribution in [-0.4, -0.2) is 69.1 Å². The van der Waals surface area contributed by atoms with Crippen LogP contribution < -0.4 is 4.31 Å². The van der Waals surface area contributed by atoms with Crippen LogP contribution in [0.25, 0.3) is 0 Å². The first-order valence-corrected chi connectivity index (χ1v) is 10.8. The molecule has 25 heavy (non-hydrogen) atoms. The highest BCUT2D eigenvalue weighted by Crippen LogP contribution is 2.30. The minimum Gasteiger partial charge on any atom is -0.336 e. The molecule has 0 radical (unpaired) electrons. The molecule has 3 fully saturated rings. The van der Waals surface area contributed by atoms with Gasteiger partial charge in [0.1, 0.15) is 0 Å². The molecule has 1 amide bonds. The van der Waals surface area contributed by atoms with E-state index in [1.54, 1.807) is 24.3 Å². The van der Waals surface area contributed by atoms with Gasteiger partial charge in [0.05, 0.1) is 11.4 Å². The molecule has 136 valence electrons. The molecule has 0 unspecified atom stereocenters. The van der Waals surface area contributed by atoms with Crippen LogP contribution in [0, 0.1) is 5.92 Å². The Morgan fingerprint density at radius 3 is 2.48 bits per heavy atom. The molecule has 1 saturated carbocycles. The second-order valence-electron chi connectivity index (χ2n) is 7.33. The standard InChI is InChI=1S/C18H25N3O3S/c22-18(20-10-8-19(9-11-20)14-15-5-6-15)16-3-1-4-17(13-16)21-7-2-12-25(21,23)24/h1,3-4,13,15H,2,5-12,14H2. The number of sulfonamides is 1. The smallest absolute Gasteiger partial charge is 0.254 e. The predicted molar refractivity (Wildman–Crippen MR) is 97.3 cm³/mol. The number of hydrogen-bond acceptors (Lipinski definition) is 4. The molecule has 0 N–H and O–H groups in total. The van der Waals surface area contributed by atoms with E-state index in [-0.39, 0.29) is 11.7 Å². The van der Waals surface area contributed by atoms with Crippen LogP contribution in [0.3, 0.4) is 0 Å². The summed E-state index contributed by atoms with van der Waals surface area (Å²) < 4.78 is 25.6. The molecule has 0 spiro atoms. The van der Waals surface area contributed by atoms with Crippen molar-refractivity contribution in [3.63, 3.8) is 0 Å². The van der Waals surface area contributed by atoms with Crippen molar-refractivity contribution in [3.8, 4) is 0 Å². The number of piperazine rings is 1. The fourth-order valence-corrected chi connectivity index (χ4v) is 5.26. The van der Waals surface area contributed by atoms with E-state index in [4.69, 9.17) is 0 Å². The minimum absolute atomic E-state index is 0.00418. The van der Waals surface area contributed by atoms with Gasteiger partial charge in [-0.15, -0.1) is 0 Å². The number of hydrogen-bond donors (Lipinski definition) is 0. The molecule has 2 aliphatic heterocycles. The lowest BCUT2D eigenvalue weighted by atomic mass is 10.1. The van der Waals surface area contributed by atoms with E-state index in [1.165, 1.54) is 23.7 Å². The number of carbonyl (C=O) groups excluding carboxylic acids is 1. The molecule has 7 heteroatoms. The molecule has 1 aliphatic carbocycles. The van der Waals surface area contributed by atoms with Crippen LogP contribution in [0.4, 0.5) is 5.69 Å². The lowest BCUT2D eigenvalue weighted by Crippen LogP contribution is -2.49. The van der Waals surface area contributed by atoms with Crippen LogP contribution in [0.2, 0.25) is 0 Å². The molecule has 0 aromatic heterocycles. The average Bonchev–Trinajstić information content (AvgIpc) is 3.35. The van der Waals surface area contributed by atoms with Gasteiger partial charge in [0, 0.05) is 44.8 Å². The van der Waals surface area contributed by atoms with E-state index in [2.05, 4.69) is 4.90 Å². The van der Waals surface area contributed by atoms with Crippen molar-refractivity contribution in [1.82, 2.24) is 9.80 Å². The average molecular weight is 363 g/mol. The van der Waals surface area contributed by atoms with Crippen molar-refractivity contribution in [3.05, 3.63) is 29.8 Å². The van der Waals surface area contributed by atoms with E-state index < -0.39 is 10.0 Å². The Bertz CT molecular complexity index is 753. The van der Waals surface area contributed by atoms with Crippen molar-refractivity contribution < 1.29 is 13.2 Å². The summed E-state index contributed by atoms with van der Waals surface area (Å²) in [7, 11) is -3.22. The molecule has 2 saturated heterocycles. The molecule has 1 aromatic rings. The van der Waals surface area contributed by atoms with Crippen LogP contribution in [0.5, 0.6) is 0 Å². The number of rotatable bonds is 4. The topological polar surface area (TPSA) is 60.9 Å². The summed E-state index contributed by atoms with van der Waals surface area (Å²) in [6, 6.07) is 7.06. The Labute approximate surface area is 149 Å². The Kier molecular flexibility index (Phi) is 4.45. The van der Waals surface area contributed by atoms with E-state index >= 15 is 0 Å². The van der Waals surface area contributed by atoms with E-state index in [0.29, 0.717) is 24.2 Å². The Balaban J connectivity index is 1.43.